The lowest BCUT2D eigenvalue weighted by Crippen LogP contribution is -2.24. The molecule has 4 heteroatoms. The van der Waals surface area contributed by atoms with Crippen molar-refractivity contribution < 1.29 is 19.7 Å². The van der Waals surface area contributed by atoms with Crippen molar-refractivity contribution in [2.24, 2.45) is 11.8 Å². The maximum Gasteiger partial charge on any atom is 0.312 e. The summed E-state index contributed by atoms with van der Waals surface area (Å²) in [5, 5.41) is 18.8. The summed E-state index contributed by atoms with van der Waals surface area (Å²) in [6.07, 6.45) is 3.23. The molecule has 1 rings (SSSR count). The van der Waals surface area contributed by atoms with Gasteiger partial charge in [-0.2, -0.15) is 0 Å². The first-order valence-electron chi connectivity index (χ1n) is 6.54. The van der Waals surface area contributed by atoms with Gasteiger partial charge in [0.05, 0.1) is 18.6 Å². The summed E-state index contributed by atoms with van der Waals surface area (Å²) >= 11 is 0. The molecule has 0 saturated carbocycles. The minimum absolute atomic E-state index is 0.150. The number of carbonyl (C=O) groups excluding carboxylic acids is 1. The predicted octanol–water partition coefficient (Wildman–Crippen LogP) is 1.49. The number of rotatable bonds is 7. The molecule has 0 aromatic rings. The quantitative estimate of drug-likeness (QED) is 0.526. The van der Waals surface area contributed by atoms with Crippen LogP contribution in [0.15, 0.2) is 0 Å². The number of carbonyl (C=O) groups is 1. The van der Waals surface area contributed by atoms with E-state index < -0.39 is 18.1 Å². The molecule has 1 aliphatic rings. The second-order valence-electron chi connectivity index (χ2n) is 5.33. The van der Waals surface area contributed by atoms with Crippen molar-refractivity contribution in [2.45, 2.75) is 58.2 Å². The first-order chi connectivity index (χ1) is 8.04. The van der Waals surface area contributed by atoms with Crippen LogP contribution in [0.1, 0.15) is 46.0 Å². The Hall–Kier alpha value is -0.610. The molecular formula is C13H24O4. The Morgan fingerprint density at radius 3 is 2.53 bits per heavy atom. The molecule has 100 valence electrons. The lowest BCUT2D eigenvalue weighted by Gasteiger charge is -2.14. The van der Waals surface area contributed by atoms with Gasteiger partial charge in [0.1, 0.15) is 6.10 Å². The standard InChI is InChI=1S/C13H24O4/c1-9(2)5-3-4-6-12(15)11-7-10(8-14)17-13(11)16/h9-12,14-15H,3-8H2,1-2H3/t10-,11-,12+/m0/s1. The fourth-order valence-corrected chi connectivity index (χ4v) is 2.21. The van der Waals surface area contributed by atoms with E-state index in [2.05, 4.69) is 13.8 Å². The third kappa shape index (κ3) is 4.64. The zero-order valence-electron chi connectivity index (χ0n) is 10.8. The first-order valence-corrected chi connectivity index (χ1v) is 6.54. The fourth-order valence-electron chi connectivity index (χ4n) is 2.21. The van der Waals surface area contributed by atoms with Gasteiger partial charge in [-0.05, 0) is 12.3 Å². The monoisotopic (exact) mass is 244 g/mol. The Balaban J connectivity index is 2.23. The normalized spacial score (nSPS) is 26.3. The lowest BCUT2D eigenvalue weighted by molar-refractivity contribution is -0.147. The summed E-state index contributed by atoms with van der Waals surface area (Å²) in [4.78, 5) is 11.4. The number of aliphatic hydroxyl groups is 2. The molecule has 3 atom stereocenters. The molecule has 0 aromatic heterocycles. The van der Waals surface area contributed by atoms with Crippen LogP contribution in [0.2, 0.25) is 0 Å². The highest BCUT2D eigenvalue weighted by Crippen LogP contribution is 2.26. The second kappa shape index (κ2) is 6.97. The third-order valence-electron chi connectivity index (χ3n) is 3.30. The Bertz CT molecular complexity index is 240. The third-order valence-corrected chi connectivity index (χ3v) is 3.30. The maximum absolute atomic E-state index is 11.4. The Morgan fingerprint density at radius 2 is 2.00 bits per heavy atom. The summed E-state index contributed by atoms with van der Waals surface area (Å²) in [7, 11) is 0. The molecule has 0 aliphatic carbocycles. The van der Waals surface area contributed by atoms with E-state index in [-0.39, 0.29) is 12.6 Å². The van der Waals surface area contributed by atoms with Crippen LogP contribution in [-0.4, -0.2) is 35.0 Å². The predicted molar refractivity (Wildman–Crippen MR) is 64.4 cm³/mol. The highest BCUT2D eigenvalue weighted by atomic mass is 16.6. The van der Waals surface area contributed by atoms with Crippen LogP contribution in [-0.2, 0) is 9.53 Å². The lowest BCUT2D eigenvalue weighted by atomic mass is 9.93. The smallest absolute Gasteiger partial charge is 0.312 e. The maximum atomic E-state index is 11.4. The van der Waals surface area contributed by atoms with Crippen LogP contribution in [0.4, 0.5) is 0 Å². The van der Waals surface area contributed by atoms with Crippen LogP contribution in [0.5, 0.6) is 0 Å². The fraction of sp³-hybridized carbons (Fsp3) is 0.923. The van der Waals surface area contributed by atoms with Gasteiger partial charge in [0.25, 0.3) is 0 Å². The van der Waals surface area contributed by atoms with Crippen LogP contribution >= 0.6 is 0 Å². The van der Waals surface area contributed by atoms with Gasteiger partial charge >= 0.3 is 5.97 Å². The summed E-state index contributed by atoms with van der Waals surface area (Å²) in [6, 6.07) is 0. The Labute approximate surface area is 103 Å². The molecule has 2 N–H and O–H groups in total. The van der Waals surface area contributed by atoms with Gasteiger partial charge in [-0.3, -0.25) is 4.79 Å². The van der Waals surface area contributed by atoms with Crippen molar-refractivity contribution in [3.8, 4) is 0 Å². The molecule has 1 aliphatic heterocycles. The van der Waals surface area contributed by atoms with Crippen molar-refractivity contribution in [1.29, 1.82) is 0 Å². The molecule has 0 radical (unpaired) electrons. The molecule has 0 unspecified atom stereocenters. The van der Waals surface area contributed by atoms with Crippen molar-refractivity contribution in [2.75, 3.05) is 6.61 Å². The van der Waals surface area contributed by atoms with Gasteiger partial charge < -0.3 is 14.9 Å². The van der Waals surface area contributed by atoms with Crippen LogP contribution in [0, 0.1) is 11.8 Å². The second-order valence-corrected chi connectivity index (χ2v) is 5.33. The molecule has 0 amide bonds. The summed E-state index contributed by atoms with van der Waals surface area (Å²) in [6.45, 7) is 4.20. The molecule has 1 fully saturated rings. The highest BCUT2D eigenvalue weighted by molar-refractivity contribution is 5.75. The number of esters is 1. The molecule has 1 saturated heterocycles. The molecule has 0 aromatic carbocycles. The van der Waals surface area contributed by atoms with Gasteiger partial charge in [0.2, 0.25) is 0 Å². The Morgan fingerprint density at radius 1 is 1.35 bits per heavy atom. The van der Waals surface area contributed by atoms with Crippen molar-refractivity contribution in [3.05, 3.63) is 0 Å². The van der Waals surface area contributed by atoms with E-state index in [1.54, 1.807) is 0 Å². The molecule has 1 heterocycles. The van der Waals surface area contributed by atoms with Gasteiger partial charge in [-0.1, -0.05) is 33.1 Å². The Kier molecular flexibility index (Phi) is 5.92. The molecule has 17 heavy (non-hydrogen) atoms. The minimum Gasteiger partial charge on any atom is -0.460 e. The zero-order valence-corrected chi connectivity index (χ0v) is 10.8. The number of ether oxygens (including phenoxy) is 1. The van der Waals surface area contributed by atoms with E-state index in [1.165, 1.54) is 0 Å². The van der Waals surface area contributed by atoms with Crippen LogP contribution in [0.25, 0.3) is 0 Å². The van der Waals surface area contributed by atoms with E-state index in [9.17, 15) is 9.90 Å². The van der Waals surface area contributed by atoms with Crippen LogP contribution in [0.3, 0.4) is 0 Å². The average Bonchev–Trinajstić information content (AvgIpc) is 2.65. The molecule has 0 spiro atoms. The molecule has 0 bridgehead atoms. The largest absolute Gasteiger partial charge is 0.460 e. The summed E-state index contributed by atoms with van der Waals surface area (Å²) in [5.41, 5.74) is 0. The van der Waals surface area contributed by atoms with Gasteiger partial charge in [0.15, 0.2) is 0 Å². The van der Waals surface area contributed by atoms with Gasteiger partial charge in [-0.25, -0.2) is 0 Å². The summed E-state index contributed by atoms with van der Waals surface area (Å²) < 4.78 is 4.94. The van der Waals surface area contributed by atoms with Crippen molar-refractivity contribution in [1.82, 2.24) is 0 Å². The van der Waals surface area contributed by atoms with Crippen molar-refractivity contribution >= 4 is 5.97 Å². The van der Waals surface area contributed by atoms with Gasteiger partial charge in [0, 0.05) is 6.42 Å². The zero-order chi connectivity index (χ0) is 12.8. The molecule has 4 nitrogen and oxygen atoms in total. The van der Waals surface area contributed by atoms with Crippen LogP contribution < -0.4 is 0 Å². The topological polar surface area (TPSA) is 66.8 Å². The average molecular weight is 244 g/mol. The number of hydrogen-bond donors (Lipinski definition) is 2. The number of cyclic esters (lactones) is 1. The van der Waals surface area contributed by atoms with E-state index in [0.29, 0.717) is 18.8 Å². The molecular weight excluding hydrogens is 220 g/mol. The van der Waals surface area contributed by atoms with Crippen molar-refractivity contribution in [3.63, 3.8) is 0 Å². The number of aliphatic hydroxyl groups excluding tert-OH is 2. The van der Waals surface area contributed by atoms with E-state index in [0.717, 1.165) is 19.3 Å². The van der Waals surface area contributed by atoms with E-state index in [1.807, 2.05) is 0 Å². The van der Waals surface area contributed by atoms with Gasteiger partial charge in [-0.15, -0.1) is 0 Å². The van der Waals surface area contributed by atoms with E-state index >= 15 is 0 Å². The number of unbranched alkanes of at least 4 members (excludes halogenated alkanes) is 1. The van der Waals surface area contributed by atoms with E-state index in [4.69, 9.17) is 9.84 Å². The summed E-state index contributed by atoms with van der Waals surface area (Å²) in [5.74, 6) is -0.117. The first kappa shape index (κ1) is 14.5. The minimum atomic E-state index is -0.619. The SMILES string of the molecule is CC(C)CCCC[C@@H](O)[C@@H]1C[C@@H](CO)OC1=O. The number of hydrogen-bond acceptors (Lipinski definition) is 4. The highest BCUT2D eigenvalue weighted by Gasteiger charge is 2.38.